The third-order valence-corrected chi connectivity index (χ3v) is 5.37. The smallest absolute Gasteiger partial charge is 0.353 e. The molecule has 2 aliphatic heterocycles. The summed E-state index contributed by atoms with van der Waals surface area (Å²) in [5, 5.41) is 14.8. The molecule has 1 aromatic carbocycles. The Hall–Kier alpha value is -2.48. The second-order valence-corrected chi connectivity index (χ2v) is 7.09. The summed E-state index contributed by atoms with van der Waals surface area (Å²) in [6.45, 7) is 0.505. The molecule has 3 amide bonds. The van der Waals surface area contributed by atoms with E-state index in [1.54, 1.807) is 0 Å². The Morgan fingerprint density at radius 2 is 2.00 bits per heavy atom. The quantitative estimate of drug-likeness (QED) is 0.512. The van der Waals surface area contributed by atoms with Gasteiger partial charge in [0.25, 0.3) is 0 Å². The molecule has 3 N–H and O–H groups in total. The number of amides is 3. The maximum absolute atomic E-state index is 11.7. The Morgan fingerprint density at radius 1 is 1.24 bits per heavy atom. The number of unbranched alkanes of at least 4 members (excludes halogenated alkanes) is 1. The van der Waals surface area contributed by atoms with Gasteiger partial charge in [-0.1, -0.05) is 18.2 Å². The number of carbonyl (C=O) groups is 3. The van der Waals surface area contributed by atoms with Crippen LogP contribution in [0.1, 0.15) is 25.7 Å². The Bertz CT molecular complexity index is 720. The summed E-state index contributed by atoms with van der Waals surface area (Å²) in [7, 11) is 0. The molecule has 1 aromatic rings. The van der Waals surface area contributed by atoms with Crippen LogP contribution in [0.2, 0.25) is 0 Å². The van der Waals surface area contributed by atoms with Crippen molar-refractivity contribution < 1.29 is 19.5 Å². The molecule has 8 heteroatoms. The summed E-state index contributed by atoms with van der Waals surface area (Å²) in [6, 6.07) is 8.92. The number of para-hydroxylation sites is 1. The number of nitrogens with zero attached hydrogens (tertiary/aromatic N) is 1. The minimum absolute atomic E-state index is 0.0385. The number of β-lactam (4-membered cyclic amide) rings is 1. The van der Waals surface area contributed by atoms with Gasteiger partial charge in [0.15, 0.2) is 0 Å². The Labute approximate surface area is 149 Å². The second-order valence-electron chi connectivity index (χ2n) is 5.82. The van der Waals surface area contributed by atoms with Gasteiger partial charge in [-0.3, -0.25) is 9.69 Å². The summed E-state index contributed by atoms with van der Waals surface area (Å²) < 4.78 is 0. The Balaban J connectivity index is 1.40. The molecule has 1 atom stereocenters. The minimum Gasteiger partial charge on any atom is -0.477 e. The molecule has 3 rings (SSSR count). The number of rotatable bonds is 7. The van der Waals surface area contributed by atoms with Gasteiger partial charge >= 0.3 is 12.0 Å². The number of carbonyl (C=O) groups excluding carboxylic acids is 2. The standard InChI is InChI=1S/C17H19N3O4S/c21-13-10-14-20(13)15(16(22)23)12(25-14)8-4-5-9-18-17(24)19-11-6-2-1-3-7-11/h1-3,6-7,14H,4-5,8-10H2,(H,22,23)(H2,18,19,24)/t14-/m0/s1. The molecule has 25 heavy (non-hydrogen) atoms. The molecule has 0 aliphatic carbocycles. The molecule has 0 spiro atoms. The van der Waals surface area contributed by atoms with Gasteiger partial charge in [0.05, 0.1) is 11.8 Å². The van der Waals surface area contributed by atoms with Gasteiger partial charge in [0, 0.05) is 17.1 Å². The number of carboxylic acids is 1. The van der Waals surface area contributed by atoms with Crippen molar-refractivity contribution in [1.29, 1.82) is 0 Å². The predicted octanol–water partition coefficient (Wildman–Crippen LogP) is 2.58. The van der Waals surface area contributed by atoms with E-state index in [9.17, 15) is 19.5 Å². The maximum atomic E-state index is 11.7. The fraction of sp³-hybridized carbons (Fsp3) is 0.353. The van der Waals surface area contributed by atoms with Crippen molar-refractivity contribution in [2.24, 2.45) is 0 Å². The molecule has 0 aromatic heterocycles. The van der Waals surface area contributed by atoms with Gasteiger partial charge in [-0.15, -0.1) is 11.8 Å². The van der Waals surface area contributed by atoms with Crippen LogP contribution in [0, 0.1) is 0 Å². The zero-order valence-electron chi connectivity index (χ0n) is 13.5. The number of anilines is 1. The van der Waals surface area contributed by atoms with Gasteiger partial charge in [0.1, 0.15) is 5.70 Å². The number of carboxylic acid groups (broad SMARTS) is 1. The molecule has 2 heterocycles. The van der Waals surface area contributed by atoms with Gasteiger partial charge in [-0.25, -0.2) is 9.59 Å². The van der Waals surface area contributed by atoms with Crippen molar-refractivity contribution in [2.45, 2.75) is 31.1 Å². The molecule has 7 nitrogen and oxygen atoms in total. The molecule has 132 valence electrons. The highest BCUT2D eigenvalue weighted by Gasteiger charge is 2.47. The van der Waals surface area contributed by atoms with Crippen molar-refractivity contribution >= 4 is 35.4 Å². The average molecular weight is 361 g/mol. The third kappa shape index (κ3) is 3.96. The molecular formula is C17H19N3O4S. The molecule has 0 bridgehead atoms. The number of thioether (sulfide) groups is 1. The highest BCUT2D eigenvalue weighted by atomic mass is 32.2. The molecule has 0 unspecified atom stereocenters. The summed E-state index contributed by atoms with van der Waals surface area (Å²) in [4.78, 5) is 36.8. The molecular weight excluding hydrogens is 342 g/mol. The first-order chi connectivity index (χ1) is 12.1. The van der Waals surface area contributed by atoms with Crippen molar-refractivity contribution in [3.05, 3.63) is 40.9 Å². The van der Waals surface area contributed by atoms with Crippen LogP contribution in [0.5, 0.6) is 0 Å². The topological polar surface area (TPSA) is 98.7 Å². The second kappa shape index (κ2) is 7.60. The van der Waals surface area contributed by atoms with Crippen LogP contribution in [-0.4, -0.2) is 39.8 Å². The Kier molecular flexibility index (Phi) is 5.28. The van der Waals surface area contributed by atoms with Crippen LogP contribution < -0.4 is 10.6 Å². The van der Waals surface area contributed by atoms with E-state index in [1.165, 1.54) is 16.7 Å². The van der Waals surface area contributed by atoms with Gasteiger partial charge in [-0.2, -0.15) is 0 Å². The summed E-state index contributed by atoms with van der Waals surface area (Å²) in [5.74, 6) is -1.16. The van der Waals surface area contributed by atoms with Gasteiger partial charge in [-0.05, 0) is 31.4 Å². The van der Waals surface area contributed by atoms with Crippen LogP contribution in [0.25, 0.3) is 0 Å². The first-order valence-corrected chi connectivity index (χ1v) is 8.99. The normalized spacial score (nSPS) is 18.6. The highest BCUT2D eigenvalue weighted by Crippen LogP contribution is 2.47. The van der Waals surface area contributed by atoms with Crippen molar-refractivity contribution in [3.63, 3.8) is 0 Å². The van der Waals surface area contributed by atoms with E-state index in [-0.39, 0.29) is 23.0 Å². The average Bonchev–Trinajstić information content (AvgIpc) is 2.88. The van der Waals surface area contributed by atoms with E-state index >= 15 is 0 Å². The number of nitrogens with one attached hydrogen (secondary N) is 2. The molecule has 0 radical (unpaired) electrons. The van der Waals surface area contributed by atoms with E-state index in [2.05, 4.69) is 10.6 Å². The predicted molar refractivity (Wildman–Crippen MR) is 94.8 cm³/mol. The van der Waals surface area contributed by atoms with Crippen molar-refractivity contribution in [2.75, 3.05) is 11.9 Å². The third-order valence-electron chi connectivity index (χ3n) is 4.04. The minimum atomic E-state index is -1.04. The van der Waals surface area contributed by atoms with Crippen LogP contribution in [-0.2, 0) is 9.59 Å². The van der Waals surface area contributed by atoms with E-state index in [0.717, 1.165) is 23.4 Å². The lowest BCUT2D eigenvalue weighted by atomic mass is 10.1. The highest BCUT2D eigenvalue weighted by molar-refractivity contribution is 8.04. The number of urea groups is 1. The first kappa shape index (κ1) is 17.3. The fourth-order valence-electron chi connectivity index (χ4n) is 2.81. The number of aliphatic carboxylic acids is 1. The van der Waals surface area contributed by atoms with E-state index < -0.39 is 5.97 Å². The summed E-state index contributed by atoms with van der Waals surface area (Å²) in [5.41, 5.74) is 0.869. The van der Waals surface area contributed by atoms with Crippen LogP contribution in [0.15, 0.2) is 40.9 Å². The molecule has 2 aliphatic rings. The van der Waals surface area contributed by atoms with Crippen LogP contribution in [0.4, 0.5) is 10.5 Å². The van der Waals surface area contributed by atoms with Crippen LogP contribution in [0.3, 0.4) is 0 Å². The zero-order chi connectivity index (χ0) is 17.8. The zero-order valence-corrected chi connectivity index (χ0v) is 14.3. The number of fused-ring (bicyclic) bond motifs is 1. The molecule has 0 saturated carbocycles. The number of benzene rings is 1. The summed E-state index contributed by atoms with van der Waals surface area (Å²) in [6.07, 6.45) is 2.50. The largest absolute Gasteiger partial charge is 0.477 e. The lowest BCUT2D eigenvalue weighted by molar-refractivity contribution is -0.145. The van der Waals surface area contributed by atoms with E-state index in [1.807, 2.05) is 30.3 Å². The number of hydrogen-bond acceptors (Lipinski definition) is 4. The number of allylic oxidation sites excluding steroid dienone is 1. The van der Waals surface area contributed by atoms with Crippen molar-refractivity contribution in [3.8, 4) is 0 Å². The SMILES string of the molecule is O=C(NCCCCC1=C(C(=O)O)N2C(=O)C[C@@H]2S1)Nc1ccccc1. The van der Waals surface area contributed by atoms with Gasteiger partial charge in [0.2, 0.25) is 5.91 Å². The first-order valence-electron chi connectivity index (χ1n) is 8.11. The monoisotopic (exact) mass is 361 g/mol. The molecule has 1 saturated heterocycles. The number of hydrogen-bond donors (Lipinski definition) is 3. The van der Waals surface area contributed by atoms with Crippen LogP contribution >= 0.6 is 11.8 Å². The van der Waals surface area contributed by atoms with Crippen molar-refractivity contribution in [1.82, 2.24) is 10.2 Å². The van der Waals surface area contributed by atoms with E-state index in [0.29, 0.717) is 19.4 Å². The Morgan fingerprint density at radius 3 is 2.68 bits per heavy atom. The molecule has 1 fully saturated rings. The van der Waals surface area contributed by atoms with E-state index in [4.69, 9.17) is 0 Å². The summed E-state index contributed by atoms with van der Waals surface area (Å²) >= 11 is 1.47. The lowest BCUT2D eigenvalue weighted by Crippen LogP contribution is -2.48. The van der Waals surface area contributed by atoms with Gasteiger partial charge < -0.3 is 15.7 Å². The fourth-order valence-corrected chi connectivity index (χ4v) is 4.26. The lowest BCUT2D eigenvalue weighted by Gasteiger charge is -2.33. The maximum Gasteiger partial charge on any atom is 0.353 e.